The van der Waals surface area contributed by atoms with Crippen LogP contribution >= 0.6 is 15.9 Å². The standard InChI is InChI=1S/C15H10BrF3N2O/c16-13-8-4-2-6-11(13)14(22)21-20-9-10-5-1-3-7-12(10)15(17,18)19/h1-9H,(H,21,22)/b20-9-. The molecule has 0 saturated heterocycles. The number of benzene rings is 2. The summed E-state index contributed by atoms with van der Waals surface area (Å²) in [5.74, 6) is -0.520. The quantitative estimate of drug-likeness (QED) is 0.637. The van der Waals surface area contributed by atoms with E-state index >= 15 is 0 Å². The van der Waals surface area contributed by atoms with E-state index in [1.165, 1.54) is 18.2 Å². The van der Waals surface area contributed by atoms with E-state index in [4.69, 9.17) is 0 Å². The third kappa shape index (κ3) is 3.94. The van der Waals surface area contributed by atoms with Crippen LogP contribution in [0.1, 0.15) is 21.5 Å². The smallest absolute Gasteiger partial charge is 0.267 e. The van der Waals surface area contributed by atoms with E-state index in [1.54, 1.807) is 24.3 Å². The lowest BCUT2D eigenvalue weighted by molar-refractivity contribution is -0.137. The van der Waals surface area contributed by atoms with Crippen LogP contribution in [0, 0.1) is 0 Å². The lowest BCUT2D eigenvalue weighted by atomic mass is 10.1. The molecule has 1 N–H and O–H groups in total. The second kappa shape index (κ2) is 6.74. The minimum absolute atomic E-state index is 0.123. The van der Waals surface area contributed by atoms with Gasteiger partial charge in [-0.1, -0.05) is 30.3 Å². The molecule has 22 heavy (non-hydrogen) atoms. The van der Waals surface area contributed by atoms with Crippen molar-refractivity contribution in [3.63, 3.8) is 0 Å². The van der Waals surface area contributed by atoms with Gasteiger partial charge in [-0.15, -0.1) is 0 Å². The number of alkyl halides is 3. The molecular formula is C15H10BrF3N2O. The molecule has 2 aromatic carbocycles. The fourth-order valence-electron chi connectivity index (χ4n) is 1.73. The first-order valence-electron chi connectivity index (χ1n) is 6.14. The molecule has 0 fully saturated rings. The predicted octanol–water partition coefficient (Wildman–Crippen LogP) is 4.23. The van der Waals surface area contributed by atoms with E-state index in [-0.39, 0.29) is 5.56 Å². The summed E-state index contributed by atoms with van der Waals surface area (Å²) in [5, 5.41) is 3.59. The van der Waals surface area contributed by atoms with Crippen molar-refractivity contribution in [2.45, 2.75) is 6.18 Å². The van der Waals surface area contributed by atoms with E-state index in [9.17, 15) is 18.0 Å². The molecule has 2 aromatic rings. The first kappa shape index (κ1) is 16.2. The first-order valence-corrected chi connectivity index (χ1v) is 6.93. The number of nitrogens with zero attached hydrogens (tertiary/aromatic N) is 1. The molecule has 0 atom stereocenters. The van der Waals surface area contributed by atoms with E-state index in [0.717, 1.165) is 12.3 Å². The van der Waals surface area contributed by atoms with Gasteiger partial charge in [0, 0.05) is 10.0 Å². The summed E-state index contributed by atoms with van der Waals surface area (Å²) < 4.78 is 39.0. The lowest BCUT2D eigenvalue weighted by Crippen LogP contribution is -2.18. The molecule has 1 amide bonds. The maximum atomic E-state index is 12.8. The SMILES string of the molecule is O=C(N/N=C\c1ccccc1C(F)(F)F)c1ccccc1Br. The fraction of sp³-hybridized carbons (Fsp3) is 0.0667. The maximum absolute atomic E-state index is 12.8. The molecule has 0 aliphatic rings. The highest BCUT2D eigenvalue weighted by atomic mass is 79.9. The molecule has 0 aliphatic carbocycles. The zero-order chi connectivity index (χ0) is 16.2. The average molecular weight is 371 g/mol. The van der Waals surface area contributed by atoms with Crippen molar-refractivity contribution in [1.82, 2.24) is 5.43 Å². The number of amides is 1. The number of hydrazone groups is 1. The molecule has 114 valence electrons. The van der Waals surface area contributed by atoms with Gasteiger partial charge in [-0.2, -0.15) is 18.3 Å². The number of carbonyl (C=O) groups excluding carboxylic acids is 1. The molecule has 0 bridgehead atoms. The average Bonchev–Trinajstić information content (AvgIpc) is 2.47. The normalized spacial score (nSPS) is 11.6. The summed E-state index contributed by atoms with van der Waals surface area (Å²) in [6, 6.07) is 11.6. The molecule has 0 saturated carbocycles. The monoisotopic (exact) mass is 370 g/mol. The van der Waals surface area contributed by atoms with Crippen molar-refractivity contribution in [2.75, 3.05) is 0 Å². The number of carbonyl (C=O) groups is 1. The van der Waals surface area contributed by atoms with Gasteiger partial charge in [0.2, 0.25) is 0 Å². The number of nitrogens with one attached hydrogen (secondary N) is 1. The van der Waals surface area contributed by atoms with Crippen molar-refractivity contribution in [3.8, 4) is 0 Å². The Morgan fingerprint density at radius 3 is 2.41 bits per heavy atom. The highest BCUT2D eigenvalue weighted by Crippen LogP contribution is 2.31. The summed E-state index contributed by atoms with van der Waals surface area (Å²) in [6.45, 7) is 0. The number of hydrogen-bond donors (Lipinski definition) is 1. The van der Waals surface area contributed by atoms with Crippen molar-refractivity contribution in [2.24, 2.45) is 5.10 Å². The van der Waals surface area contributed by atoms with Crippen LogP contribution in [-0.4, -0.2) is 12.1 Å². The maximum Gasteiger partial charge on any atom is 0.417 e. The van der Waals surface area contributed by atoms with Crippen LogP contribution in [0.25, 0.3) is 0 Å². The summed E-state index contributed by atoms with van der Waals surface area (Å²) in [4.78, 5) is 11.9. The van der Waals surface area contributed by atoms with Gasteiger partial charge >= 0.3 is 6.18 Å². The molecule has 0 radical (unpaired) electrons. The highest BCUT2D eigenvalue weighted by molar-refractivity contribution is 9.10. The third-order valence-electron chi connectivity index (χ3n) is 2.75. The first-order chi connectivity index (χ1) is 10.4. The Hall–Kier alpha value is -2.15. The van der Waals surface area contributed by atoms with Crippen molar-refractivity contribution < 1.29 is 18.0 Å². The lowest BCUT2D eigenvalue weighted by Gasteiger charge is -2.09. The van der Waals surface area contributed by atoms with E-state index < -0.39 is 17.6 Å². The van der Waals surface area contributed by atoms with Gasteiger partial charge in [0.15, 0.2) is 0 Å². The van der Waals surface area contributed by atoms with Crippen LogP contribution in [0.2, 0.25) is 0 Å². The number of rotatable bonds is 3. The zero-order valence-corrected chi connectivity index (χ0v) is 12.6. The Bertz CT molecular complexity index is 714. The van der Waals surface area contributed by atoms with Crippen LogP contribution in [0.15, 0.2) is 58.1 Å². The van der Waals surface area contributed by atoms with Crippen LogP contribution in [0.5, 0.6) is 0 Å². The van der Waals surface area contributed by atoms with Gasteiger partial charge in [-0.05, 0) is 34.1 Å². The molecule has 2 rings (SSSR count). The summed E-state index contributed by atoms with van der Waals surface area (Å²) >= 11 is 3.21. The minimum atomic E-state index is -4.48. The second-order valence-electron chi connectivity index (χ2n) is 4.26. The molecule has 7 heteroatoms. The molecule has 0 unspecified atom stereocenters. The molecule has 0 spiro atoms. The Balaban J connectivity index is 2.14. The third-order valence-corrected chi connectivity index (χ3v) is 3.45. The Morgan fingerprint density at radius 2 is 1.73 bits per heavy atom. The van der Waals surface area contributed by atoms with Gasteiger partial charge in [0.25, 0.3) is 5.91 Å². The predicted molar refractivity (Wildman–Crippen MR) is 80.6 cm³/mol. The zero-order valence-electron chi connectivity index (χ0n) is 11.1. The van der Waals surface area contributed by atoms with Gasteiger partial charge < -0.3 is 0 Å². The minimum Gasteiger partial charge on any atom is -0.267 e. The molecule has 3 nitrogen and oxygen atoms in total. The van der Waals surface area contributed by atoms with E-state index in [1.807, 2.05) is 0 Å². The van der Waals surface area contributed by atoms with Crippen LogP contribution < -0.4 is 5.43 Å². The van der Waals surface area contributed by atoms with Gasteiger partial charge in [-0.25, -0.2) is 5.43 Å². The number of hydrogen-bond acceptors (Lipinski definition) is 2. The molecule has 0 heterocycles. The Morgan fingerprint density at radius 1 is 1.09 bits per heavy atom. The van der Waals surface area contributed by atoms with Crippen molar-refractivity contribution in [1.29, 1.82) is 0 Å². The van der Waals surface area contributed by atoms with Gasteiger partial charge in [-0.3, -0.25) is 4.79 Å². The van der Waals surface area contributed by atoms with Gasteiger partial charge in [0.05, 0.1) is 17.3 Å². The molecule has 0 aromatic heterocycles. The van der Waals surface area contributed by atoms with E-state index in [2.05, 4.69) is 26.5 Å². The molecular weight excluding hydrogens is 361 g/mol. The van der Waals surface area contributed by atoms with Crippen LogP contribution in [-0.2, 0) is 6.18 Å². The van der Waals surface area contributed by atoms with Crippen LogP contribution in [0.3, 0.4) is 0 Å². The summed E-state index contributed by atoms with van der Waals surface area (Å²) in [7, 11) is 0. The van der Waals surface area contributed by atoms with Gasteiger partial charge in [0.1, 0.15) is 0 Å². The topological polar surface area (TPSA) is 41.5 Å². The van der Waals surface area contributed by atoms with Crippen molar-refractivity contribution in [3.05, 3.63) is 69.7 Å². The largest absolute Gasteiger partial charge is 0.417 e. The Labute approximate surface area is 133 Å². The summed E-state index contributed by atoms with van der Waals surface area (Å²) in [5.41, 5.74) is 1.60. The van der Waals surface area contributed by atoms with Crippen molar-refractivity contribution >= 4 is 28.1 Å². The van der Waals surface area contributed by atoms with E-state index in [0.29, 0.717) is 10.0 Å². The Kier molecular flexibility index (Phi) is 4.97. The molecule has 0 aliphatic heterocycles. The fourth-order valence-corrected chi connectivity index (χ4v) is 2.20. The highest BCUT2D eigenvalue weighted by Gasteiger charge is 2.32. The number of halogens is 4. The van der Waals surface area contributed by atoms with Crippen LogP contribution in [0.4, 0.5) is 13.2 Å². The summed E-state index contributed by atoms with van der Waals surface area (Å²) in [6.07, 6.45) is -3.51. The second-order valence-corrected chi connectivity index (χ2v) is 5.12.